The minimum absolute atomic E-state index is 0.478. The highest BCUT2D eigenvalue weighted by Gasteiger charge is 2.05. The van der Waals surface area contributed by atoms with Gasteiger partial charge in [-0.25, -0.2) is 4.79 Å². The van der Waals surface area contributed by atoms with Gasteiger partial charge >= 0.3 is 5.97 Å². The monoisotopic (exact) mass is 319 g/mol. The van der Waals surface area contributed by atoms with E-state index in [-0.39, 0.29) is 0 Å². The molecule has 1 N–H and O–H groups in total. The highest BCUT2D eigenvalue weighted by Crippen LogP contribution is 2.25. The van der Waals surface area contributed by atoms with Gasteiger partial charge in [-0.15, -0.1) is 0 Å². The number of pyridine rings is 1. The highest BCUT2D eigenvalue weighted by atomic mass is 16.5. The molecule has 0 atom stereocenters. The maximum Gasteiger partial charge on any atom is 0.328 e. The van der Waals surface area contributed by atoms with Crippen molar-refractivity contribution in [1.29, 1.82) is 0 Å². The Kier molecular flexibility index (Phi) is 4.57. The van der Waals surface area contributed by atoms with E-state index in [9.17, 15) is 4.79 Å². The molecule has 3 aromatic rings. The zero-order chi connectivity index (χ0) is 16.9. The second-order valence-corrected chi connectivity index (χ2v) is 5.48. The summed E-state index contributed by atoms with van der Waals surface area (Å²) < 4.78 is 5.84. The standard InChI is InChI=1S/C20H17NO3/c1-14-11-16(7-10-20(22)23)18-12-17(8-9-19(18)21-14)24-13-15-5-3-2-4-6-15/h2-12H,13H2,1H3,(H,22,23)/b10-7+. The van der Waals surface area contributed by atoms with E-state index in [2.05, 4.69) is 4.98 Å². The third kappa shape index (κ3) is 3.79. The zero-order valence-corrected chi connectivity index (χ0v) is 13.3. The van der Waals surface area contributed by atoms with E-state index in [0.29, 0.717) is 6.61 Å². The molecule has 4 heteroatoms. The van der Waals surface area contributed by atoms with Crippen molar-refractivity contribution in [2.24, 2.45) is 0 Å². The number of hydrogen-bond donors (Lipinski definition) is 1. The molecular formula is C20H17NO3. The van der Waals surface area contributed by atoms with Crippen molar-refractivity contribution in [2.45, 2.75) is 13.5 Å². The fourth-order valence-electron chi connectivity index (χ4n) is 2.50. The molecule has 0 aliphatic rings. The van der Waals surface area contributed by atoms with E-state index in [4.69, 9.17) is 9.84 Å². The highest BCUT2D eigenvalue weighted by molar-refractivity contribution is 5.93. The molecule has 3 rings (SSSR count). The van der Waals surface area contributed by atoms with Gasteiger partial charge in [-0.3, -0.25) is 4.98 Å². The lowest BCUT2D eigenvalue weighted by atomic mass is 10.1. The van der Waals surface area contributed by atoms with Crippen LogP contribution in [0, 0.1) is 6.92 Å². The van der Waals surface area contributed by atoms with Gasteiger partial charge in [0, 0.05) is 17.2 Å². The average Bonchev–Trinajstić information content (AvgIpc) is 2.58. The van der Waals surface area contributed by atoms with Crippen LogP contribution in [0.15, 0.2) is 60.7 Å². The van der Waals surface area contributed by atoms with Crippen LogP contribution in [0.2, 0.25) is 0 Å². The van der Waals surface area contributed by atoms with Crippen LogP contribution in [0.1, 0.15) is 16.8 Å². The van der Waals surface area contributed by atoms with Crippen LogP contribution >= 0.6 is 0 Å². The maximum absolute atomic E-state index is 10.8. The van der Waals surface area contributed by atoms with Crippen LogP contribution in [0.5, 0.6) is 5.75 Å². The Hall–Kier alpha value is -3.14. The summed E-state index contributed by atoms with van der Waals surface area (Å²) in [6, 6.07) is 17.5. The molecule has 0 saturated carbocycles. The lowest BCUT2D eigenvalue weighted by molar-refractivity contribution is -0.131. The van der Waals surface area contributed by atoms with Crippen LogP contribution in [-0.4, -0.2) is 16.1 Å². The average molecular weight is 319 g/mol. The number of benzene rings is 2. The number of aliphatic carboxylic acids is 1. The molecule has 0 amide bonds. The van der Waals surface area contributed by atoms with Crippen molar-refractivity contribution in [3.05, 3.63) is 77.5 Å². The first-order chi connectivity index (χ1) is 11.6. The predicted octanol–water partition coefficient (Wildman–Crippen LogP) is 4.22. The summed E-state index contributed by atoms with van der Waals surface area (Å²) in [4.78, 5) is 15.3. The van der Waals surface area contributed by atoms with Crippen LogP contribution in [0.4, 0.5) is 0 Å². The molecule has 0 aliphatic carbocycles. The quantitative estimate of drug-likeness (QED) is 0.715. The predicted molar refractivity (Wildman–Crippen MR) is 93.9 cm³/mol. The van der Waals surface area contributed by atoms with Crippen LogP contribution in [0.25, 0.3) is 17.0 Å². The summed E-state index contributed by atoms with van der Waals surface area (Å²) in [5, 5.41) is 9.72. The number of nitrogens with zero attached hydrogens (tertiary/aromatic N) is 1. The van der Waals surface area contributed by atoms with Crippen molar-refractivity contribution in [3.63, 3.8) is 0 Å². The fraction of sp³-hybridized carbons (Fsp3) is 0.100. The number of ether oxygens (including phenoxy) is 1. The molecule has 1 heterocycles. The number of hydrogen-bond acceptors (Lipinski definition) is 3. The number of carboxylic acids is 1. The Morgan fingerprint density at radius 1 is 1.17 bits per heavy atom. The third-order valence-corrected chi connectivity index (χ3v) is 3.59. The summed E-state index contributed by atoms with van der Waals surface area (Å²) in [7, 11) is 0. The van der Waals surface area contributed by atoms with Crippen molar-refractivity contribution >= 4 is 22.9 Å². The lowest BCUT2D eigenvalue weighted by Crippen LogP contribution is -1.96. The third-order valence-electron chi connectivity index (χ3n) is 3.59. The lowest BCUT2D eigenvalue weighted by Gasteiger charge is -2.09. The maximum atomic E-state index is 10.8. The number of aryl methyl sites for hydroxylation is 1. The van der Waals surface area contributed by atoms with E-state index in [0.717, 1.165) is 39.5 Å². The van der Waals surface area contributed by atoms with Crippen LogP contribution < -0.4 is 4.74 Å². The second kappa shape index (κ2) is 6.96. The number of carboxylic acid groups (broad SMARTS) is 1. The Morgan fingerprint density at radius 2 is 1.96 bits per heavy atom. The smallest absolute Gasteiger partial charge is 0.328 e. The minimum Gasteiger partial charge on any atom is -0.489 e. The van der Waals surface area contributed by atoms with Crippen molar-refractivity contribution in [2.75, 3.05) is 0 Å². The van der Waals surface area contributed by atoms with Gasteiger partial charge in [0.2, 0.25) is 0 Å². The van der Waals surface area contributed by atoms with Gasteiger partial charge in [0.25, 0.3) is 0 Å². The number of carbonyl (C=O) groups is 1. The van der Waals surface area contributed by atoms with Gasteiger partial charge in [0.1, 0.15) is 12.4 Å². The van der Waals surface area contributed by atoms with Gasteiger partial charge in [-0.2, -0.15) is 0 Å². The molecule has 0 saturated heterocycles. The SMILES string of the molecule is Cc1cc(/C=C/C(=O)O)c2cc(OCc3ccccc3)ccc2n1. The molecule has 2 aromatic carbocycles. The van der Waals surface area contributed by atoms with E-state index in [1.807, 2.05) is 61.5 Å². The molecule has 120 valence electrons. The summed E-state index contributed by atoms with van der Waals surface area (Å²) in [6.45, 7) is 2.36. The number of rotatable bonds is 5. The molecule has 0 radical (unpaired) electrons. The first kappa shape index (κ1) is 15.7. The fourth-order valence-corrected chi connectivity index (χ4v) is 2.50. The van der Waals surface area contributed by atoms with Gasteiger partial charge < -0.3 is 9.84 Å². The Labute approximate surface area is 140 Å². The Morgan fingerprint density at radius 3 is 2.71 bits per heavy atom. The van der Waals surface area contributed by atoms with Crippen molar-refractivity contribution in [1.82, 2.24) is 4.98 Å². The molecule has 24 heavy (non-hydrogen) atoms. The minimum atomic E-state index is -0.978. The Balaban J connectivity index is 1.92. The summed E-state index contributed by atoms with van der Waals surface area (Å²) in [5.74, 6) is -0.254. The van der Waals surface area contributed by atoms with Gasteiger partial charge in [0.05, 0.1) is 5.52 Å². The topological polar surface area (TPSA) is 59.4 Å². The van der Waals surface area contributed by atoms with E-state index in [1.165, 1.54) is 0 Å². The molecule has 0 fully saturated rings. The summed E-state index contributed by atoms with van der Waals surface area (Å²) in [5.41, 5.74) is 3.55. The second-order valence-electron chi connectivity index (χ2n) is 5.48. The molecule has 1 aromatic heterocycles. The van der Waals surface area contributed by atoms with Gasteiger partial charge in [-0.1, -0.05) is 30.3 Å². The molecular weight excluding hydrogens is 302 g/mol. The largest absolute Gasteiger partial charge is 0.489 e. The first-order valence-corrected chi connectivity index (χ1v) is 7.61. The van der Waals surface area contributed by atoms with Gasteiger partial charge in [0.15, 0.2) is 0 Å². The molecule has 0 spiro atoms. The van der Waals surface area contributed by atoms with E-state index in [1.54, 1.807) is 6.08 Å². The zero-order valence-electron chi connectivity index (χ0n) is 13.3. The van der Waals surface area contributed by atoms with Crippen molar-refractivity contribution < 1.29 is 14.6 Å². The molecule has 0 unspecified atom stereocenters. The van der Waals surface area contributed by atoms with Gasteiger partial charge in [-0.05, 0) is 48.4 Å². The van der Waals surface area contributed by atoms with E-state index < -0.39 is 5.97 Å². The van der Waals surface area contributed by atoms with Crippen LogP contribution in [0.3, 0.4) is 0 Å². The van der Waals surface area contributed by atoms with E-state index >= 15 is 0 Å². The Bertz CT molecular complexity index is 901. The van der Waals surface area contributed by atoms with Crippen LogP contribution in [-0.2, 0) is 11.4 Å². The van der Waals surface area contributed by atoms with Crippen molar-refractivity contribution in [3.8, 4) is 5.75 Å². The molecule has 0 bridgehead atoms. The summed E-state index contributed by atoms with van der Waals surface area (Å²) in [6.07, 6.45) is 2.71. The molecule has 0 aliphatic heterocycles. The summed E-state index contributed by atoms with van der Waals surface area (Å²) >= 11 is 0. The first-order valence-electron chi connectivity index (χ1n) is 7.61. The number of aromatic nitrogens is 1. The number of fused-ring (bicyclic) bond motifs is 1. The normalized spacial score (nSPS) is 11.0. The molecule has 4 nitrogen and oxygen atoms in total.